The molecule has 0 fully saturated rings. The molecule has 0 aliphatic heterocycles. The summed E-state index contributed by atoms with van der Waals surface area (Å²) in [4.78, 5) is 34.7. The highest BCUT2D eigenvalue weighted by molar-refractivity contribution is 6.23. The quantitative estimate of drug-likeness (QED) is 0.425. The number of ketones is 1. The Bertz CT molecular complexity index is 805. The van der Waals surface area contributed by atoms with Crippen molar-refractivity contribution in [2.45, 2.75) is 13.8 Å². The number of nitrogen functional groups attached to an aromatic ring is 2. The Kier molecular flexibility index (Phi) is 11.2. The molecule has 0 spiro atoms. The highest BCUT2D eigenvalue weighted by Gasteiger charge is 1.93. The summed E-state index contributed by atoms with van der Waals surface area (Å²) < 4.78 is 0. The summed E-state index contributed by atoms with van der Waals surface area (Å²) in [5.41, 5.74) is 14.5. The highest BCUT2D eigenvalue weighted by atomic mass is 16.2. The van der Waals surface area contributed by atoms with E-state index in [0.29, 0.717) is 11.4 Å². The number of aromatic nitrogens is 4. The monoisotopic (exact) mass is 358 g/mol. The summed E-state index contributed by atoms with van der Waals surface area (Å²) in [6, 6.07) is 3.51. The van der Waals surface area contributed by atoms with Crippen LogP contribution < -0.4 is 11.5 Å². The van der Waals surface area contributed by atoms with Gasteiger partial charge in [0, 0.05) is 32.6 Å². The van der Waals surface area contributed by atoms with Gasteiger partial charge in [-0.2, -0.15) is 0 Å². The first kappa shape index (κ1) is 22.5. The first-order chi connectivity index (χ1) is 12.4. The van der Waals surface area contributed by atoms with E-state index in [2.05, 4.69) is 19.9 Å². The second-order valence-corrected chi connectivity index (χ2v) is 4.61. The molecule has 0 radical (unpaired) electrons. The molecule has 0 saturated carbocycles. The van der Waals surface area contributed by atoms with Crippen molar-refractivity contribution in [2.24, 2.45) is 0 Å². The summed E-state index contributed by atoms with van der Waals surface area (Å²) in [5.74, 6) is -0.426. The van der Waals surface area contributed by atoms with Crippen molar-refractivity contribution < 1.29 is 14.7 Å². The van der Waals surface area contributed by atoms with Gasteiger partial charge in [0.2, 0.25) is 0 Å². The summed E-state index contributed by atoms with van der Waals surface area (Å²) in [6.07, 6.45) is 8.59. The Labute approximate surface area is 151 Å². The van der Waals surface area contributed by atoms with Crippen molar-refractivity contribution in [2.75, 3.05) is 18.6 Å². The zero-order chi connectivity index (χ0) is 19.9. The number of aldehydes is 1. The third-order valence-corrected chi connectivity index (χ3v) is 2.52. The zero-order valence-electron chi connectivity index (χ0n) is 14.8. The summed E-state index contributed by atoms with van der Waals surface area (Å²) in [6.45, 7) is 3.13. The van der Waals surface area contributed by atoms with Crippen LogP contribution >= 0.6 is 0 Å². The van der Waals surface area contributed by atoms with Gasteiger partial charge in [0.15, 0.2) is 12.1 Å². The molecule has 9 nitrogen and oxygen atoms in total. The van der Waals surface area contributed by atoms with E-state index in [1.807, 2.05) is 13.0 Å². The molecule has 9 heteroatoms. The Morgan fingerprint density at radius 3 is 2.08 bits per heavy atom. The van der Waals surface area contributed by atoms with Gasteiger partial charge < -0.3 is 16.6 Å². The van der Waals surface area contributed by atoms with Gasteiger partial charge in [-0.25, -0.2) is 4.98 Å². The highest BCUT2D eigenvalue weighted by Crippen LogP contribution is 2.08. The minimum atomic E-state index is -0.426. The number of aliphatic hydroxyl groups is 1. The summed E-state index contributed by atoms with van der Waals surface area (Å²) in [5, 5.41) is 7.00. The van der Waals surface area contributed by atoms with Gasteiger partial charge in [0.1, 0.15) is 5.52 Å². The molecule has 0 atom stereocenters. The van der Waals surface area contributed by atoms with Crippen molar-refractivity contribution in [1.29, 1.82) is 0 Å². The molecular weight excluding hydrogens is 336 g/mol. The van der Waals surface area contributed by atoms with E-state index in [1.54, 1.807) is 30.9 Å². The molecule has 0 unspecified atom stereocenters. The van der Waals surface area contributed by atoms with Crippen LogP contribution in [0.15, 0.2) is 43.1 Å². The molecule has 3 rings (SSSR count). The van der Waals surface area contributed by atoms with Crippen molar-refractivity contribution in [3.63, 3.8) is 0 Å². The molecule has 3 aromatic heterocycles. The topological polar surface area (TPSA) is 158 Å². The molecule has 0 aromatic carbocycles. The maximum absolute atomic E-state index is 9.44. The molecule has 0 aliphatic carbocycles. The van der Waals surface area contributed by atoms with Crippen LogP contribution in [0.25, 0.3) is 11.0 Å². The van der Waals surface area contributed by atoms with E-state index in [9.17, 15) is 4.79 Å². The van der Waals surface area contributed by atoms with Crippen LogP contribution in [-0.2, 0) is 9.59 Å². The average molecular weight is 358 g/mol. The van der Waals surface area contributed by atoms with Crippen LogP contribution in [0.5, 0.6) is 0 Å². The van der Waals surface area contributed by atoms with Crippen LogP contribution in [0, 0.1) is 6.92 Å². The molecule has 0 aliphatic rings. The first-order valence-electron chi connectivity index (χ1n) is 7.32. The number of pyridine rings is 2. The molecule has 138 valence electrons. The van der Waals surface area contributed by atoms with E-state index < -0.39 is 5.78 Å². The van der Waals surface area contributed by atoms with E-state index in [1.165, 1.54) is 13.1 Å². The number of aryl methyl sites for hydroxylation is 1. The van der Waals surface area contributed by atoms with Gasteiger partial charge in [0.25, 0.3) is 0 Å². The van der Waals surface area contributed by atoms with Crippen LogP contribution in [0.4, 0.5) is 11.4 Å². The van der Waals surface area contributed by atoms with E-state index >= 15 is 0 Å². The number of carbonyl (C=O) groups excluding carboxylic acids is 2. The second kappa shape index (κ2) is 12.9. The van der Waals surface area contributed by atoms with Crippen LogP contribution in [0.1, 0.15) is 12.6 Å². The van der Waals surface area contributed by atoms with Gasteiger partial charge in [-0.05, 0) is 19.1 Å². The number of hydrogen-bond donors (Lipinski definition) is 3. The molecule has 5 N–H and O–H groups in total. The van der Waals surface area contributed by atoms with E-state index in [0.717, 1.165) is 23.8 Å². The number of aliphatic hydroxyl groups excluding tert-OH is 1. The minimum Gasteiger partial charge on any atom is -0.400 e. The van der Waals surface area contributed by atoms with Crippen LogP contribution in [0.2, 0.25) is 0 Å². The van der Waals surface area contributed by atoms with Crippen LogP contribution in [0.3, 0.4) is 0 Å². The number of carbonyl (C=O) groups is 2. The molecule has 3 heterocycles. The number of fused-ring (bicyclic) bond motifs is 1. The van der Waals surface area contributed by atoms with E-state index in [-0.39, 0.29) is 6.29 Å². The number of hydrogen-bond acceptors (Lipinski definition) is 9. The van der Waals surface area contributed by atoms with E-state index in [4.69, 9.17) is 21.4 Å². The maximum Gasteiger partial charge on any atom is 0.192 e. The number of Topliss-reactive ketones (excluding diaryl/α,β-unsaturated/α-hetero) is 1. The third-order valence-electron chi connectivity index (χ3n) is 2.52. The number of nitrogens with zero attached hydrogens (tertiary/aromatic N) is 4. The number of nitrogens with two attached hydrogens (primary N) is 2. The Hall–Kier alpha value is -3.46. The first-order valence-corrected chi connectivity index (χ1v) is 7.32. The van der Waals surface area contributed by atoms with Gasteiger partial charge in [-0.1, -0.05) is 0 Å². The lowest BCUT2D eigenvalue weighted by molar-refractivity contribution is -0.128. The molecule has 3 aromatic rings. The fourth-order valence-corrected chi connectivity index (χ4v) is 1.37. The Balaban J connectivity index is 0.000000369. The molecule has 0 amide bonds. The third kappa shape index (κ3) is 8.99. The molecular formula is C17H22N6O3. The predicted octanol–water partition coefficient (Wildman–Crippen LogP) is 0.962. The SMILES string of the molecule is CC(=O)C=O.CO.Cc1cnc2ccncc2n1.Nc1ccncc1N. The molecule has 0 saturated heterocycles. The molecule has 26 heavy (non-hydrogen) atoms. The lowest BCUT2D eigenvalue weighted by atomic mass is 10.4. The van der Waals surface area contributed by atoms with Crippen molar-refractivity contribution in [1.82, 2.24) is 19.9 Å². The second-order valence-electron chi connectivity index (χ2n) is 4.61. The van der Waals surface area contributed by atoms with Gasteiger partial charge >= 0.3 is 0 Å². The lowest BCUT2D eigenvalue weighted by Gasteiger charge is -1.94. The zero-order valence-corrected chi connectivity index (χ0v) is 14.8. The smallest absolute Gasteiger partial charge is 0.192 e. The maximum atomic E-state index is 9.44. The van der Waals surface area contributed by atoms with Crippen molar-refractivity contribution in [3.05, 3.63) is 48.8 Å². The van der Waals surface area contributed by atoms with Gasteiger partial charge in [-0.3, -0.25) is 24.5 Å². The predicted molar refractivity (Wildman–Crippen MR) is 100 cm³/mol. The fraction of sp³-hybridized carbons (Fsp3) is 0.176. The Morgan fingerprint density at radius 1 is 1.00 bits per heavy atom. The fourth-order valence-electron chi connectivity index (χ4n) is 1.37. The standard InChI is InChI=1S/C8H7N3.C5H7N3.C3H4O2.CH4O/c1-6-4-10-7-2-3-9-5-8(7)11-6;6-4-1-2-8-3-5(4)7;1-3(5)2-4;1-2/h2-5H,1H3;1-3H,7H2,(H2,6,8);2H,1H3;2H,1H3. The van der Waals surface area contributed by atoms with Crippen molar-refractivity contribution >= 4 is 34.5 Å². The number of rotatable bonds is 1. The largest absolute Gasteiger partial charge is 0.400 e. The lowest BCUT2D eigenvalue weighted by Crippen LogP contribution is -1.93. The minimum absolute atomic E-state index is 0.278. The van der Waals surface area contributed by atoms with Gasteiger partial charge in [-0.15, -0.1) is 0 Å². The van der Waals surface area contributed by atoms with Gasteiger partial charge in [0.05, 0.1) is 35.0 Å². The normalized spacial score (nSPS) is 8.62. The molecule has 0 bridgehead atoms. The Morgan fingerprint density at radius 2 is 1.58 bits per heavy atom. The number of anilines is 2. The van der Waals surface area contributed by atoms with Crippen molar-refractivity contribution in [3.8, 4) is 0 Å². The summed E-state index contributed by atoms with van der Waals surface area (Å²) in [7, 11) is 1.00. The summed E-state index contributed by atoms with van der Waals surface area (Å²) >= 11 is 0. The average Bonchev–Trinajstić information content (AvgIpc) is 2.66. The van der Waals surface area contributed by atoms with Crippen LogP contribution in [-0.4, -0.2) is 44.2 Å².